The molecule has 0 atom stereocenters. The maximum atomic E-state index is 10.9. The molecule has 0 aliphatic carbocycles. The van der Waals surface area contributed by atoms with Crippen molar-refractivity contribution in [3.8, 4) is 0 Å². The van der Waals surface area contributed by atoms with Gasteiger partial charge < -0.3 is 28.6 Å². The first kappa shape index (κ1) is 28.3. The number of aliphatic hydroxyl groups is 3. The van der Waals surface area contributed by atoms with E-state index in [1.165, 1.54) is 37.0 Å². The second-order valence-corrected chi connectivity index (χ2v) is 5.93. The van der Waals surface area contributed by atoms with E-state index >= 15 is 0 Å². The van der Waals surface area contributed by atoms with Gasteiger partial charge in [-0.15, -0.1) is 0 Å². The van der Waals surface area contributed by atoms with E-state index in [4.69, 9.17) is 28.6 Å². The summed E-state index contributed by atoms with van der Waals surface area (Å²) in [5.41, 5.74) is 0.483. The molecular weight excluding hydrogens is 423 g/mol. The Morgan fingerprint density at radius 2 is 0.806 bits per heavy atom. The molecule has 0 fully saturated rings. The van der Waals surface area contributed by atoms with Gasteiger partial charge in [0.1, 0.15) is 17.3 Å². The van der Waals surface area contributed by atoms with E-state index in [0.29, 0.717) is 34.0 Å². The molecule has 0 aliphatic rings. The molecule has 0 bridgehead atoms. The van der Waals surface area contributed by atoms with Gasteiger partial charge in [-0.3, -0.25) is 14.4 Å². The Bertz CT molecular complexity index is 971. The number of rotatable bonds is 3. The first-order valence-electron chi connectivity index (χ1n) is 8.81. The van der Waals surface area contributed by atoms with Gasteiger partial charge in [-0.2, -0.15) is 0 Å². The molecule has 3 rings (SSSR count). The third-order valence-electron chi connectivity index (χ3n) is 4.03. The molecule has 0 spiro atoms. The zero-order valence-corrected chi connectivity index (χ0v) is 18.6. The molecule has 0 aromatic carbocycles. The van der Waals surface area contributed by atoms with Crippen molar-refractivity contribution in [2.24, 2.45) is 0 Å². The van der Waals surface area contributed by atoms with Crippen LogP contribution < -0.4 is 16.3 Å². The van der Waals surface area contributed by atoms with Gasteiger partial charge in [0.15, 0.2) is 16.3 Å². The lowest BCUT2D eigenvalue weighted by molar-refractivity contribution is 0.274. The fraction of sp³-hybridized carbons (Fsp3) is 0.286. The highest BCUT2D eigenvalue weighted by molar-refractivity contribution is 5.75. The third kappa shape index (κ3) is 8.49. The SMILES string of the molecule is Cc1occc(=O)c1CO.Cc1occc(=O)c1CO.Cc1occc(=O)c1CO.[Al]. The molecule has 10 heteroatoms. The number of aliphatic hydroxyl groups excluding tert-OH is 3. The largest absolute Gasteiger partial charge is 0.469 e. The molecular formula is C21H24AlO9. The molecule has 0 aliphatic heterocycles. The maximum Gasteiger partial charge on any atom is 0.190 e. The molecule has 3 N–H and O–H groups in total. The van der Waals surface area contributed by atoms with E-state index in [0.717, 1.165) is 0 Å². The standard InChI is InChI=1S/3C7H8O3.Al/c3*1-5-6(4-8)7(9)2-3-10-5;/h3*2-3,8H,4H2,1H3;. The van der Waals surface area contributed by atoms with Crippen LogP contribution in [-0.4, -0.2) is 32.7 Å². The molecule has 9 nitrogen and oxygen atoms in total. The Hall–Kier alpha value is -2.74. The quantitative estimate of drug-likeness (QED) is 0.498. The van der Waals surface area contributed by atoms with Crippen molar-refractivity contribution in [3.05, 3.63) is 102 Å². The average Bonchev–Trinajstić information content (AvgIpc) is 2.70. The van der Waals surface area contributed by atoms with Crippen molar-refractivity contribution in [3.63, 3.8) is 0 Å². The van der Waals surface area contributed by atoms with Crippen molar-refractivity contribution in [1.29, 1.82) is 0 Å². The first-order valence-corrected chi connectivity index (χ1v) is 8.81. The summed E-state index contributed by atoms with van der Waals surface area (Å²) in [4.78, 5) is 32.6. The fourth-order valence-electron chi connectivity index (χ4n) is 2.20. The summed E-state index contributed by atoms with van der Waals surface area (Å²) in [6, 6.07) is 3.87. The van der Waals surface area contributed by atoms with Crippen LogP contribution in [0.15, 0.2) is 64.6 Å². The summed E-state index contributed by atoms with van der Waals surface area (Å²) >= 11 is 0. The lowest BCUT2D eigenvalue weighted by atomic mass is 10.2. The van der Waals surface area contributed by atoms with Gasteiger partial charge >= 0.3 is 0 Å². The Kier molecular flexibility index (Phi) is 13.0. The van der Waals surface area contributed by atoms with Crippen LogP contribution in [0.5, 0.6) is 0 Å². The van der Waals surface area contributed by atoms with Gasteiger partial charge in [0.25, 0.3) is 0 Å². The monoisotopic (exact) mass is 447 g/mol. The van der Waals surface area contributed by atoms with Crippen LogP contribution in [0.2, 0.25) is 0 Å². The Labute approximate surface area is 188 Å². The van der Waals surface area contributed by atoms with Crippen LogP contribution >= 0.6 is 0 Å². The number of aryl methyl sites for hydroxylation is 3. The second-order valence-electron chi connectivity index (χ2n) is 5.93. The van der Waals surface area contributed by atoms with Crippen LogP contribution in [-0.2, 0) is 19.8 Å². The summed E-state index contributed by atoms with van der Waals surface area (Å²) in [6.07, 6.45) is 3.95. The third-order valence-corrected chi connectivity index (χ3v) is 4.03. The average molecular weight is 447 g/mol. The fourth-order valence-corrected chi connectivity index (χ4v) is 2.20. The van der Waals surface area contributed by atoms with E-state index < -0.39 is 0 Å². The smallest absolute Gasteiger partial charge is 0.190 e. The van der Waals surface area contributed by atoms with E-state index in [1.54, 1.807) is 20.8 Å². The minimum Gasteiger partial charge on any atom is -0.469 e. The highest BCUT2D eigenvalue weighted by atomic mass is 27.0. The van der Waals surface area contributed by atoms with E-state index in [9.17, 15) is 14.4 Å². The van der Waals surface area contributed by atoms with Gasteiger partial charge in [-0.05, 0) is 20.8 Å². The second kappa shape index (κ2) is 14.3. The maximum absolute atomic E-state index is 10.9. The van der Waals surface area contributed by atoms with Crippen LogP contribution in [0.25, 0.3) is 0 Å². The molecule has 0 unspecified atom stereocenters. The molecule has 3 aromatic rings. The van der Waals surface area contributed by atoms with E-state index in [1.807, 2.05) is 0 Å². The van der Waals surface area contributed by atoms with E-state index in [2.05, 4.69) is 0 Å². The molecule has 0 amide bonds. The first-order chi connectivity index (χ1) is 14.3. The minimum absolute atomic E-state index is 0. The summed E-state index contributed by atoms with van der Waals surface area (Å²) in [5.74, 6) is 1.44. The van der Waals surface area contributed by atoms with Crippen LogP contribution in [0, 0.1) is 20.8 Å². The summed E-state index contributed by atoms with van der Waals surface area (Å²) in [5, 5.41) is 25.9. The summed E-state index contributed by atoms with van der Waals surface area (Å²) in [7, 11) is 0. The van der Waals surface area contributed by atoms with Crippen molar-refractivity contribution in [1.82, 2.24) is 0 Å². The van der Waals surface area contributed by atoms with Crippen molar-refractivity contribution in [2.75, 3.05) is 0 Å². The predicted molar refractivity (Wildman–Crippen MR) is 113 cm³/mol. The highest BCUT2D eigenvalue weighted by Crippen LogP contribution is 2.01. The molecule has 3 heterocycles. The lowest BCUT2D eigenvalue weighted by Crippen LogP contribution is -2.08. The molecule has 0 saturated heterocycles. The van der Waals surface area contributed by atoms with Gasteiger partial charge in [0.05, 0.1) is 55.3 Å². The summed E-state index contributed by atoms with van der Waals surface area (Å²) < 4.78 is 14.6. The Morgan fingerprint density at radius 1 is 0.581 bits per heavy atom. The normalized spacial score (nSPS) is 9.48. The highest BCUT2D eigenvalue weighted by Gasteiger charge is 2.02. The van der Waals surface area contributed by atoms with Crippen molar-refractivity contribution in [2.45, 2.75) is 40.6 Å². The van der Waals surface area contributed by atoms with Gasteiger partial charge in [0.2, 0.25) is 0 Å². The zero-order chi connectivity index (χ0) is 22.7. The predicted octanol–water partition coefficient (Wildman–Crippen LogP) is 0.941. The molecule has 31 heavy (non-hydrogen) atoms. The van der Waals surface area contributed by atoms with Gasteiger partial charge in [-0.25, -0.2) is 0 Å². The van der Waals surface area contributed by atoms with Crippen LogP contribution in [0.3, 0.4) is 0 Å². The number of hydrogen-bond donors (Lipinski definition) is 3. The molecule has 0 saturated carbocycles. The topological polar surface area (TPSA) is 151 Å². The minimum atomic E-state index is -0.255. The Balaban J connectivity index is 0.000000429. The molecule has 3 radical (unpaired) electrons. The molecule has 3 aromatic heterocycles. The van der Waals surface area contributed by atoms with Crippen LogP contribution in [0.4, 0.5) is 0 Å². The van der Waals surface area contributed by atoms with Crippen molar-refractivity contribution < 1.29 is 28.6 Å². The number of hydrogen-bond acceptors (Lipinski definition) is 9. The van der Waals surface area contributed by atoms with E-state index in [-0.39, 0.29) is 53.5 Å². The van der Waals surface area contributed by atoms with Gasteiger partial charge in [0, 0.05) is 35.6 Å². The lowest BCUT2D eigenvalue weighted by Gasteiger charge is -1.96. The molecule has 165 valence electrons. The van der Waals surface area contributed by atoms with Crippen molar-refractivity contribution >= 4 is 17.4 Å². The van der Waals surface area contributed by atoms with Crippen LogP contribution in [0.1, 0.15) is 34.0 Å². The summed E-state index contributed by atoms with van der Waals surface area (Å²) in [6.45, 7) is 4.17. The Morgan fingerprint density at radius 3 is 0.935 bits per heavy atom. The van der Waals surface area contributed by atoms with Gasteiger partial charge in [-0.1, -0.05) is 0 Å². The zero-order valence-electron chi connectivity index (χ0n) is 17.5.